The zero-order chi connectivity index (χ0) is 18.0. The number of anilines is 1. The maximum absolute atomic E-state index is 12.5. The molecule has 1 amide bonds. The van der Waals surface area contributed by atoms with Crippen LogP contribution in [-0.2, 0) is 11.2 Å². The number of benzene rings is 1. The van der Waals surface area contributed by atoms with Crippen molar-refractivity contribution in [2.45, 2.75) is 26.2 Å². The number of nitrogens with one attached hydrogen (secondary N) is 1. The van der Waals surface area contributed by atoms with Crippen LogP contribution in [0.25, 0.3) is 0 Å². The monoisotopic (exact) mass is 377 g/mol. The lowest BCUT2D eigenvalue weighted by molar-refractivity contribution is 0.0527. The second kappa shape index (κ2) is 7.37. The molecule has 1 heterocycles. The zero-order valence-corrected chi connectivity index (χ0v) is 15.1. The number of thiophene rings is 1. The zero-order valence-electron chi connectivity index (χ0n) is 13.6. The summed E-state index contributed by atoms with van der Waals surface area (Å²) in [7, 11) is 0. The number of fused-ring (bicyclic) bond motifs is 1. The first-order chi connectivity index (χ1) is 12.0. The van der Waals surface area contributed by atoms with E-state index < -0.39 is 11.9 Å². The summed E-state index contributed by atoms with van der Waals surface area (Å²) in [5.74, 6) is -0.957. The minimum Gasteiger partial charge on any atom is -0.462 e. The molecule has 0 aliphatic heterocycles. The molecule has 3 rings (SSSR count). The number of rotatable bonds is 4. The Kier molecular flexibility index (Phi) is 5.20. The van der Waals surface area contributed by atoms with Crippen LogP contribution in [0.15, 0.2) is 24.3 Å². The number of carbonyl (C=O) groups excluding carboxylic acids is 3. The standard InChI is InChI=1S/C18H16ClNO4S/c1-2-24-18(23)14-11-7-5-9-13(21)15(11)25-17(14)20-16(22)10-6-3-4-8-12(10)19/h3-4,6,8H,2,5,7,9H2,1H3,(H,20,22). The Balaban J connectivity index is 2.00. The number of halogens is 1. The van der Waals surface area contributed by atoms with E-state index in [1.54, 1.807) is 31.2 Å². The van der Waals surface area contributed by atoms with E-state index in [1.807, 2.05) is 0 Å². The molecular weight excluding hydrogens is 362 g/mol. The van der Waals surface area contributed by atoms with E-state index in [2.05, 4.69) is 5.32 Å². The smallest absolute Gasteiger partial charge is 0.341 e. The molecule has 1 N–H and O–H groups in total. The van der Waals surface area contributed by atoms with Crippen molar-refractivity contribution < 1.29 is 19.1 Å². The fourth-order valence-electron chi connectivity index (χ4n) is 2.79. The van der Waals surface area contributed by atoms with Gasteiger partial charge in [0.15, 0.2) is 5.78 Å². The van der Waals surface area contributed by atoms with Crippen LogP contribution < -0.4 is 5.32 Å². The second-order valence-electron chi connectivity index (χ2n) is 5.55. The lowest BCUT2D eigenvalue weighted by Gasteiger charge is -2.12. The van der Waals surface area contributed by atoms with E-state index in [4.69, 9.17) is 16.3 Å². The van der Waals surface area contributed by atoms with Gasteiger partial charge in [0, 0.05) is 6.42 Å². The average Bonchev–Trinajstić information content (AvgIpc) is 2.95. The first-order valence-electron chi connectivity index (χ1n) is 7.94. The number of hydrogen-bond acceptors (Lipinski definition) is 5. The van der Waals surface area contributed by atoms with Gasteiger partial charge in [-0.05, 0) is 37.5 Å². The first kappa shape index (κ1) is 17.6. The van der Waals surface area contributed by atoms with E-state index in [1.165, 1.54) is 0 Å². The Bertz CT molecular complexity index is 859. The third-order valence-electron chi connectivity index (χ3n) is 3.92. The van der Waals surface area contributed by atoms with Crippen molar-refractivity contribution in [3.8, 4) is 0 Å². The minimum atomic E-state index is -0.524. The van der Waals surface area contributed by atoms with Gasteiger partial charge in [-0.2, -0.15) is 0 Å². The third kappa shape index (κ3) is 3.45. The molecule has 0 saturated heterocycles. The van der Waals surface area contributed by atoms with Gasteiger partial charge in [-0.25, -0.2) is 4.79 Å². The van der Waals surface area contributed by atoms with Gasteiger partial charge in [-0.3, -0.25) is 9.59 Å². The Morgan fingerprint density at radius 2 is 2.04 bits per heavy atom. The van der Waals surface area contributed by atoms with Crippen molar-refractivity contribution in [2.24, 2.45) is 0 Å². The number of amides is 1. The number of carbonyl (C=O) groups is 3. The minimum absolute atomic E-state index is 0.00459. The van der Waals surface area contributed by atoms with Gasteiger partial charge in [-0.1, -0.05) is 23.7 Å². The van der Waals surface area contributed by atoms with Crippen LogP contribution in [-0.4, -0.2) is 24.3 Å². The summed E-state index contributed by atoms with van der Waals surface area (Å²) in [5, 5.41) is 3.38. The van der Waals surface area contributed by atoms with Crippen molar-refractivity contribution in [2.75, 3.05) is 11.9 Å². The summed E-state index contributed by atoms with van der Waals surface area (Å²) < 4.78 is 5.12. The lowest BCUT2D eigenvalue weighted by atomic mass is 9.94. The summed E-state index contributed by atoms with van der Waals surface area (Å²) >= 11 is 7.19. The predicted octanol–water partition coefficient (Wildman–Crippen LogP) is 4.35. The van der Waals surface area contributed by atoms with Crippen LogP contribution in [0.2, 0.25) is 5.02 Å². The summed E-state index contributed by atoms with van der Waals surface area (Å²) in [5.41, 5.74) is 1.26. The first-order valence-corrected chi connectivity index (χ1v) is 9.14. The maximum atomic E-state index is 12.5. The molecule has 2 aromatic rings. The van der Waals surface area contributed by atoms with E-state index in [-0.39, 0.29) is 18.0 Å². The maximum Gasteiger partial charge on any atom is 0.341 e. The number of hydrogen-bond donors (Lipinski definition) is 1. The van der Waals surface area contributed by atoms with E-state index in [0.717, 1.165) is 11.3 Å². The highest BCUT2D eigenvalue weighted by molar-refractivity contribution is 7.18. The van der Waals surface area contributed by atoms with Crippen molar-refractivity contribution >= 4 is 45.6 Å². The van der Waals surface area contributed by atoms with Gasteiger partial charge in [0.25, 0.3) is 5.91 Å². The Hall–Kier alpha value is -2.18. The van der Waals surface area contributed by atoms with E-state index in [9.17, 15) is 14.4 Å². The van der Waals surface area contributed by atoms with Crippen molar-refractivity contribution in [1.82, 2.24) is 0 Å². The molecule has 0 spiro atoms. The summed E-state index contributed by atoms with van der Waals surface area (Å²) in [6.45, 7) is 1.93. The van der Waals surface area contributed by atoms with Crippen molar-refractivity contribution in [3.63, 3.8) is 0 Å². The van der Waals surface area contributed by atoms with E-state index >= 15 is 0 Å². The normalized spacial score (nSPS) is 13.3. The fraction of sp³-hybridized carbons (Fsp3) is 0.278. The number of esters is 1. The van der Waals surface area contributed by atoms with Gasteiger partial charge >= 0.3 is 5.97 Å². The topological polar surface area (TPSA) is 72.5 Å². The molecule has 130 valence electrons. The highest BCUT2D eigenvalue weighted by Gasteiger charge is 2.31. The third-order valence-corrected chi connectivity index (χ3v) is 5.43. The molecule has 1 aromatic heterocycles. The van der Waals surface area contributed by atoms with Crippen molar-refractivity contribution in [1.29, 1.82) is 0 Å². The highest BCUT2D eigenvalue weighted by atomic mass is 35.5. The molecule has 1 aliphatic rings. The second-order valence-corrected chi connectivity index (χ2v) is 6.97. The van der Waals surface area contributed by atoms with Gasteiger partial charge in [0.2, 0.25) is 0 Å². The van der Waals surface area contributed by atoms with Gasteiger partial charge in [-0.15, -0.1) is 11.3 Å². The molecule has 5 nitrogen and oxygen atoms in total. The predicted molar refractivity (Wildman–Crippen MR) is 96.9 cm³/mol. The molecule has 0 saturated carbocycles. The molecular formula is C18H16ClNO4S. The molecule has 0 fully saturated rings. The van der Waals surface area contributed by atoms with E-state index in [0.29, 0.717) is 45.3 Å². The number of Topliss-reactive ketones (excluding diaryl/α,β-unsaturated/α-hetero) is 1. The lowest BCUT2D eigenvalue weighted by Crippen LogP contribution is -2.16. The molecule has 0 radical (unpaired) electrons. The summed E-state index contributed by atoms with van der Waals surface area (Å²) in [6.07, 6.45) is 1.76. The van der Waals surface area contributed by atoms with Crippen LogP contribution in [0.3, 0.4) is 0 Å². The van der Waals surface area contributed by atoms with Crippen LogP contribution in [0.5, 0.6) is 0 Å². The molecule has 1 aromatic carbocycles. The van der Waals surface area contributed by atoms with Gasteiger partial charge in [0.1, 0.15) is 5.00 Å². The van der Waals surface area contributed by atoms with Crippen LogP contribution >= 0.6 is 22.9 Å². The molecule has 0 bridgehead atoms. The molecule has 1 aliphatic carbocycles. The van der Waals surface area contributed by atoms with Crippen molar-refractivity contribution in [3.05, 3.63) is 50.9 Å². The average molecular weight is 378 g/mol. The molecule has 0 atom stereocenters. The summed E-state index contributed by atoms with van der Waals surface area (Å²) in [4.78, 5) is 37.6. The molecule has 0 unspecified atom stereocenters. The number of ketones is 1. The summed E-state index contributed by atoms with van der Waals surface area (Å²) in [6, 6.07) is 6.65. The quantitative estimate of drug-likeness (QED) is 0.804. The SMILES string of the molecule is CCOC(=O)c1c(NC(=O)c2ccccc2Cl)sc2c1CCCC2=O. The molecule has 7 heteroatoms. The van der Waals surface area contributed by atoms with Crippen LogP contribution in [0.4, 0.5) is 5.00 Å². The van der Waals surface area contributed by atoms with Gasteiger partial charge < -0.3 is 10.1 Å². The Morgan fingerprint density at radius 1 is 1.28 bits per heavy atom. The van der Waals surface area contributed by atoms with Gasteiger partial charge in [0.05, 0.1) is 27.6 Å². The van der Waals surface area contributed by atoms with Crippen LogP contribution in [0.1, 0.15) is 55.7 Å². The fourth-order valence-corrected chi connectivity index (χ4v) is 4.21. The Labute approximate surface area is 153 Å². The highest BCUT2D eigenvalue weighted by Crippen LogP contribution is 2.39. The van der Waals surface area contributed by atoms with Crippen LogP contribution in [0, 0.1) is 0 Å². The molecule has 25 heavy (non-hydrogen) atoms. The Morgan fingerprint density at radius 3 is 2.76 bits per heavy atom. The number of ether oxygens (including phenoxy) is 1. The largest absolute Gasteiger partial charge is 0.462 e.